The van der Waals surface area contributed by atoms with Gasteiger partial charge in [0.2, 0.25) is 0 Å². The van der Waals surface area contributed by atoms with Crippen molar-refractivity contribution in [1.82, 2.24) is 0 Å². The number of benzene rings is 10. The SMILES string of the molecule is c1ccc(-c2ccc(N(c3ccc(-c4cccc(-c5oc6ccccc6c5-c5ccccc5)c4)cc3)c3ccc(-c4cccc(-c5cccc6ccccc56)c4)cc3)cc2)cc1. The molecule has 1 heterocycles. The number of para-hydroxylation sites is 1. The molecule has 0 saturated carbocycles. The van der Waals surface area contributed by atoms with Crippen molar-refractivity contribution < 1.29 is 4.42 Å². The van der Waals surface area contributed by atoms with Crippen molar-refractivity contribution in [2.24, 2.45) is 0 Å². The Balaban J connectivity index is 0.943. The lowest BCUT2D eigenvalue weighted by molar-refractivity contribution is 0.632. The number of hydrogen-bond donors (Lipinski definition) is 0. The fraction of sp³-hybridized carbons (Fsp3) is 0. The monoisotopic (exact) mass is 791 g/mol. The summed E-state index contributed by atoms with van der Waals surface area (Å²) in [6.45, 7) is 0. The van der Waals surface area contributed by atoms with Crippen LogP contribution in [0.1, 0.15) is 0 Å². The average Bonchev–Trinajstić information content (AvgIpc) is 3.75. The normalized spacial score (nSPS) is 11.2. The van der Waals surface area contributed by atoms with E-state index in [-0.39, 0.29) is 0 Å². The van der Waals surface area contributed by atoms with Gasteiger partial charge in [0, 0.05) is 33.6 Å². The molecule has 0 aliphatic carbocycles. The lowest BCUT2D eigenvalue weighted by atomic mass is 9.95. The predicted octanol–water partition coefficient (Wildman–Crippen LogP) is 17.1. The second-order valence-corrected chi connectivity index (χ2v) is 15.7. The largest absolute Gasteiger partial charge is 0.455 e. The zero-order valence-electron chi connectivity index (χ0n) is 34.0. The van der Waals surface area contributed by atoms with Gasteiger partial charge in [-0.25, -0.2) is 0 Å². The highest BCUT2D eigenvalue weighted by molar-refractivity contribution is 6.02. The third-order valence-corrected chi connectivity index (χ3v) is 11.9. The van der Waals surface area contributed by atoms with Gasteiger partial charge in [-0.1, -0.05) is 194 Å². The number of hydrogen-bond acceptors (Lipinski definition) is 2. The summed E-state index contributed by atoms with van der Waals surface area (Å²) >= 11 is 0. The summed E-state index contributed by atoms with van der Waals surface area (Å²) in [5, 5.41) is 3.62. The lowest BCUT2D eigenvalue weighted by Crippen LogP contribution is -2.09. The van der Waals surface area contributed by atoms with Crippen molar-refractivity contribution in [3.63, 3.8) is 0 Å². The van der Waals surface area contributed by atoms with Crippen molar-refractivity contribution in [3.8, 4) is 67.0 Å². The first-order valence-corrected chi connectivity index (χ1v) is 21.2. The van der Waals surface area contributed by atoms with Gasteiger partial charge in [0.25, 0.3) is 0 Å². The number of nitrogens with zero attached hydrogens (tertiary/aromatic N) is 1. The highest BCUT2D eigenvalue weighted by Gasteiger charge is 2.19. The van der Waals surface area contributed by atoms with Crippen LogP contribution in [0, 0.1) is 0 Å². The van der Waals surface area contributed by atoms with Gasteiger partial charge < -0.3 is 9.32 Å². The molecule has 0 bridgehead atoms. The maximum atomic E-state index is 6.59. The van der Waals surface area contributed by atoms with Gasteiger partial charge in [0.05, 0.1) is 0 Å². The van der Waals surface area contributed by atoms with E-state index >= 15 is 0 Å². The zero-order chi connectivity index (χ0) is 41.2. The molecule has 292 valence electrons. The molecular weight excluding hydrogens is 751 g/mol. The first kappa shape index (κ1) is 36.8. The van der Waals surface area contributed by atoms with Gasteiger partial charge in [-0.3, -0.25) is 0 Å². The van der Waals surface area contributed by atoms with Crippen LogP contribution in [0.2, 0.25) is 0 Å². The topological polar surface area (TPSA) is 16.4 Å². The van der Waals surface area contributed by atoms with E-state index in [2.05, 4.69) is 241 Å². The Bertz CT molecular complexity index is 3310. The van der Waals surface area contributed by atoms with E-state index in [9.17, 15) is 0 Å². The summed E-state index contributed by atoms with van der Waals surface area (Å²) in [5.41, 5.74) is 16.9. The zero-order valence-corrected chi connectivity index (χ0v) is 34.0. The Kier molecular flexibility index (Phi) is 9.57. The molecule has 11 rings (SSSR count). The Morgan fingerprint density at radius 1 is 0.274 bits per heavy atom. The average molecular weight is 792 g/mol. The van der Waals surface area contributed by atoms with Crippen molar-refractivity contribution in [1.29, 1.82) is 0 Å². The Labute approximate surface area is 362 Å². The van der Waals surface area contributed by atoms with Gasteiger partial charge in [0.15, 0.2) is 0 Å². The molecular formula is C60H41NO. The Hall–Kier alpha value is -8.20. The quantitative estimate of drug-likeness (QED) is 0.145. The molecule has 0 fully saturated rings. The molecule has 0 amide bonds. The Morgan fingerprint density at radius 2 is 0.694 bits per heavy atom. The number of anilines is 3. The van der Waals surface area contributed by atoms with E-state index in [1.165, 1.54) is 44.2 Å². The van der Waals surface area contributed by atoms with E-state index in [1.807, 2.05) is 12.1 Å². The second-order valence-electron chi connectivity index (χ2n) is 15.7. The maximum absolute atomic E-state index is 6.59. The van der Waals surface area contributed by atoms with Gasteiger partial charge in [-0.2, -0.15) is 0 Å². The molecule has 0 saturated heterocycles. The molecule has 0 atom stereocenters. The van der Waals surface area contributed by atoms with Gasteiger partial charge in [-0.05, 0) is 115 Å². The third kappa shape index (κ3) is 7.04. The summed E-state index contributed by atoms with van der Waals surface area (Å²) in [7, 11) is 0. The first-order valence-electron chi connectivity index (χ1n) is 21.2. The van der Waals surface area contributed by atoms with Crippen LogP contribution in [-0.2, 0) is 0 Å². The molecule has 10 aromatic carbocycles. The molecule has 0 aliphatic rings. The first-order chi connectivity index (χ1) is 30.7. The molecule has 0 unspecified atom stereocenters. The molecule has 0 radical (unpaired) electrons. The molecule has 0 aliphatic heterocycles. The van der Waals surface area contributed by atoms with Crippen LogP contribution in [0.5, 0.6) is 0 Å². The molecule has 0 spiro atoms. The van der Waals surface area contributed by atoms with Crippen LogP contribution < -0.4 is 4.90 Å². The van der Waals surface area contributed by atoms with Crippen molar-refractivity contribution >= 4 is 38.8 Å². The second kappa shape index (κ2) is 16.1. The molecule has 11 aromatic rings. The van der Waals surface area contributed by atoms with Crippen LogP contribution in [-0.4, -0.2) is 0 Å². The smallest absolute Gasteiger partial charge is 0.143 e. The van der Waals surface area contributed by atoms with E-state index in [0.717, 1.165) is 61.6 Å². The summed E-state index contributed by atoms with van der Waals surface area (Å²) in [6, 6.07) is 88.8. The fourth-order valence-corrected chi connectivity index (χ4v) is 8.81. The van der Waals surface area contributed by atoms with Crippen molar-refractivity contribution in [2.45, 2.75) is 0 Å². The number of fused-ring (bicyclic) bond motifs is 2. The highest BCUT2D eigenvalue weighted by Crippen LogP contribution is 2.43. The van der Waals surface area contributed by atoms with Gasteiger partial charge >= 0.3 is 0 Å². The van der Waals surface area contributed by atoms with E-state index in [0.29, 0.717) is 0 Å². The van der Waals surface area contributed by atoms with E-state index < -0.39 is 0 Å². The molecule has 2 nitrogen and oxygen atoms in total. The van der Waals surface area contributed by atoms with Crippen LogP contribution in [0.25, 0.3) is 88.7 Å². The van der Waals surface area contributed by atoms with Crippen LogP contribution >= 0.6 is 0 Å². The minimum Gasteiger partial charge on any atom is -0.455 e. The minimum absolute atomic E-state index is 0.879. The highest BCUT2D eigenvalue weighted by atomic mass is 16.3. The van der Waals surface area contributed by atoms with E-state index in [4.69, 9.17) is 4.42 Å². The minimum atomic E-state index is 0.879. The molecule has 1 aromatic heterocycles. The van der Waals surface area contributed by atoms with Crippen molar-refractivity contribution in [3.05, 3.63) is 249 Å². The summed E-state index contributed by atoms with van der Waals surface area (Å²) in [6.07, 6.45) is 0. The van der Waals surface area contributed by atoms with Gasteiger partial charge in [0.1, 0.15) is 11.3 Å². The third-order valence-electron chi connectivity index (χ3n) is 11.9. The predicted molar refractivity (Wildman–Crippen MR) is 261 cm³/mol. The van der Waals surface area contributed by atoms with Crippen LogP contribution in [0.3, 0.4) is 0 Å². The summed E-state index contributed by atoms with van der Waals surface area (Å²) in [4.78, 5) is 2.34. The lowest BCUT2D eigenvalue weighted by Gasteiger charge is -2.26. The maximum Gasteiger partial charge on any atom is 0.143 e. The molecule has 2 heteroatoms. The van der Waals surface area contributed by atoms with Crippen LogP contribution in [0.15, 0.2) is 253 Å². The van der Waals surface area contributed by atoms with E-state index in [1.54, 1.807) is 0 Å². The van der Waals surface area contributed by atoms with Gasteiger partial charge in [-0.15, -0.1) is 0 Å². The molecule has 62 heavy (non-hydrogen) atoms. The molecule has 0 N–H and O–H groups in total. The fourth-order valence-electron chi connectivity index (χ4n) is 8.81. The van der Waals surface area contributed by atoms with Crippen LogP contribution in [0.4, 0.5) is 17.1 Å². The summed E-state index contributed by atoms with van der Waals surface area (Å²) < 4.78 is 6.59. The standard InChI is InChI=1S/C60H41NO/c1-3-14-42(15-4-1)43-28-34-52(35-29-43)61(53-36-30-44(31-37-53)48-20-11-22-50(40-48)56-26-13-19-46-16-7-8-24-55(46)56)54-38-32-45(33-39-54)49-21-12-23-51(41-49)60-59(47-17-5-2-6-18-47)57-25-9-10-27-58(57)62-60/h1-41H. The number of rotatable bonds is 9. The summed E-state index contributed by atoms with van der Waals surface area (Å²) in [5.74, 6) is 0.879. The van der Waals surface area contributed by atoms with Crippen molar-refractivity contribution in [2.75, 3.05) is 4.90 Å². The number of furan rings is 1. The Morgan fingerprint density at radius 3 is 1.32 bits per heavy atom.